The first-order valence-electron chi connectivity index (χ1n) is 4.11. The molecule has 1 amide bonds. The molecule has 0 aliphatic heterocycles. The third-order valence-electron chi connectivity index (χ3n) is 2.10. The summed E-state index contributed by atoms with van der Waals surface area (Å²) in [5.41, 5.74) is 6.05. The molecular weight excluding hydrogens is 182 g/mol. The Bertz CT molecular complexity index is 513. The number of primary amides is 1. The van der Waals surface area contributed by atoms with Crippen LogP contribution in [-0.4, -0.2) is 11.0 Å². The highest BCUT2D eigenvalue weighted by molar-refractivity contribution is 6.06. The van der Waals surface area contributed by atoms with Crippen LogP contribution in [0.1, 0.15) is 16.1 Å². The van der Waals surface area contributed by atoms with Gasteiger partial charge in [-0.1, -0.05) is 0 Å². The SMILES string of the molecule is Cc1oc2cc(O)ccc2c1C(N)=O. The average molecular weight is 191 g/mol. The Balaban J connectivity index is 2.84. The summed E-state index contributed by atoms with van der Waals surface area (Å²) < 4.78 is 5.28. The smallest absolute Gasteiger partial charge is 0.252 e. The van der Waals surface area contributed by atoms with E-state index >= 15 is 0 Å². The first-order valence-corrected chi connectivity index (χ1v) is 4.11. The van der Waals surface area contributed by atoms with Gasteiger partial charge in [0.1, 0.15) is 17.1 Å². The van der Waals surface area contributed by atoms with Gasteiger partial charge in [-0.15, -0.1) is 0 Å². The van der Waals surface area contributed by atoms with Gasteiger partial charge in [-0.3, -0.25) is 4.79 Å². The molecule has 2 aromatic rings. The number of aryl methyl sites for hydroxylation is 1. The molecule has 4 heteroatoms. The fourth-order valence-corrected chi connectivity index (χ4v) is 1.51. The standard InChI is InChI=1S/C10H9NO3/c1-5-9(10(11)13)7-3-2-6(12)4-8(7)14-5/h2-4,12H,1H3,(H2,11,13). The normalized spacial score (nSPS) is 10.6. The molecule has 0 spiro atoms. The molecule has 1 heterocycles. The number of nitrogens with two attached hydrogens (primary N) is 1. The Morgan fingerprint density at radius 2 is 2.21 bits per heavy atom. The van der Waals surface area contributed by atoms with Gasteiger partial charge in [0, 0.05) is 11.5 Å². The second kappa shape index (κ2) is 2.77. The quantitative estimate of drug-likeness (QED) is 0.717. The van der Waals surface area contributed by atoms with Crippen molar-refractivity contribution in [2.45, 2.75) is 6.92 Å². The third-order valence-corrected chi connectivity index (χ3v) is 2.10. The fourth-order valence-electron chi connectivity index (χ4n) is 1.51. The van der Waals surface area contributed by atoms with Gasteiger partial charge in [0.25, 0.3) is 5.91 Å². The monoisotopic (exact) mass is 191 g/mol. The lowest BCUT2D eigenvalue weighted by atomic mass is 10.1. The molecule has 0 saturated heterocycles. The zero-order valence-electron chi connectivity index (χ0n) is 7.57. The van der Waals surface area contributed by atoms with Gasteiger partial charge in [0.2, 0.25) is 0 Å². The van der Waals surface area contributed by atoms with Crippen molar-refractivity contribution in [1.29, 1.82) is 0 Å². The van der Waals surface area contributed by atoms with Gasteiger partial charge in [0.15, 0.2) is 0 Å². The molecular formula is C10H9NO3. The number of hydrogen-bond acceptors (Lipinski definition) is 3. The summed E-state index contributed by atoms with van der Waals surface area (Å²) in [6.07, 6.45) is 0. The number of phenolic OH excluding ortho intramolecular Hbond substituents is 1. The summed E-state index contributed by atoms with van der Waals surface area (Å²) in [5.74, 6) is 0.0484. The number of carbonyl (C=O) groups is 1. The van der Waals surface area contributed by atoms with Gasteiger partial charge in [-0.05, 0) is 19.1 Å². The second-order valence-corrected chi connectivity index (χ2v) is 3.08. The van der Waals surface area contributed by atoms with E-state index < -0.39 is 5.91 Å². The van der Waals surface area contributed by atoms with Crippen LogP contribution in [0.2, 0.25) is 0 Å². The van der Waals surface area contributed by atoms with E-state index in [1.54, 1.807) is 13.0 Å². The number of fused-ring (bicyclic) bond motifs is 1. The molecule has 0 saturated carbocycles. The maximum Gasteiger partial charge on any atom is 0.252 e. The molecule has 0 unspecified atom stereocenters. The predicted molar refractivity (Wildman–Crippen MR) is 51.1 cm³/mol. The largest absolute Gasteiger partial charge is 0.508 e. The van der Waals surface area contributed by atoms with Crippen LogP contribution in [-0.2, 0) is 0 Å². The van der Waals surface area contributed by atoms with Crippen molar-refractivity contribution < 1.29 is 14.3 Å². The minimum Gasteiger partial charge on any atom is -0.508 e. The molecule has 0 fully saturated rings. The number of benzene rings is 1. The van der Waals surface area contributed by atoms with Crippen molar-refractivity contribution in [2.75, 3.05) is 0 Å². The molecule has 72 valence electrons. The lowest BCUT2D eigenvalue weighted by molar-refractivity contribution is 0.1000. The number of rotatable bonds is 1. The number of phenols is 1. The maximum absolute atomic E-state index is 11.1. The highest BCUT2D eigenvalue weighted by Crippen LogP contribution is 2.27. The van der Waals surface area contributed by atoms with E-state index in [1.165, 1.54) is 12.1 Å². The van der Waals surface area contributed by atoms with E-state index in [0.29, 0.717) is 22.3 Å². The van der Waals surface area contributed by atoms with Crippen LogP contribution in [0, 0.1) is 6.92 Å². The second-order valence-electron chi connectivity index (χ2n) is 3.08. The fraction of sp³-hybridized carbons (Fsp3) is 0.100. The van der Waals surface area contributed by atoms with Gasteiger partial charge in [-0.25, -0.2) is 0 Å². The number of aromatic hydroxyl groups is 1. The highest BCUT2D eigenvalue weighted by atomic mass is 16.3. The van der Waals surface area contributed by atoms with E-state index in [-0.39, 0.29) is 5.75 Å². The molecule has 1 aromatic heterocycles. The highest BCUT2D eigenvalue weighted by Gasteiger charge is 2.15. The Hall–Kier alpha value is -1.97. The van der Waals surface area contributed by atoms with Gasteiger partial charge < -0.3 is 15.3 Å². The number of amides is 1. The Labute approximate surface area is 79.9 Å². The van der Waals surface area contributed by atoms with Crippen molar-refractivity contribution in [1.82, 2.24) is 0 Å². The van der Waals surface area contributed by atoms with Crippen LogP contribution in [0.25, 0.3) is 11.0 Å². The molecule has 0 atom stereocenters. The number of carbonyl (C=O) groups excluding carboxylic acids is 1. The van der Waals surface area contributed by atoms with Crippen LogP contribution in [0.3, 0.4) is 0 Å². The van der Waals surface area contributed by atoms with E-state index in [4.69, 9.17) is 10.2 Å². The summed E-state index contributed by atoms with van der Waals surface area (Å²) in [7, 11) is 0. The van der Waals surface area contributed by atoms with E-state index in [2.05, 4.69) is 0 Å². The molecule has 3 N–H and O–H groups in total. The summed E-state index contributed by atoms with van der Waals surface area (Å²) in [6, 6.07) is 4.56. The minimum atomic E-state index is -0.521. The molecule has 0 aliphatic rings. The molecule has 4 nitrogen and oxygen atoms in total. The van der Waals surface area contributed by atoms with Gasteiger partial charge in [0.05, 0.1) is 5.56 Å². The lowest BCUT2D eigenvalue weighted by Crippen LogP contribution is -2.11. The van der Waals surface area contributed by atoms with Crippen molar-refractivity contribution in [3.05, 3.63) is 29.5 Å². The zero-order valence-corrected chi connectivity index (χ0v) is 7.57. The molecule has 0 radical (unpaired) electrons. The molecule has 0 bridgehead atoms. The maximum atomic E-state index is 11.1. The number of hydrogen-bond donors (Lipinski definition) is 2. The van der Waals surface area contributed by atoms with Crippen LogP contribution in [0.15, 0.2) is 22.6 Å². The summed E-state index contributed by atoms with van der Waals surface area (Å²) in [5, 5.41) is 9.83. The van der Waals surface area contributed by atoms with Crippen molar-refractivity contribution >= 4 is 16.9 Å². The van der Waals surface area contributed by atoms with Gasteiger partial charge >= 0.3 is 0 Å². The topological polar surface area (TPSA) is 76.5 Å². The minimum absolute atomic E-state index is 0.0993. The zero-order chi connectivity index (χ0) is 10.3. The predicted octanol–water partition coefficient (Wildman–Crippen LogP) is 1.55. The van der Waals surface area contributed by atoms with Gasteiger partial charge in [-0.2, -0.15) is 0 Å². The van der Waals surface area contributed by atoms with Crippen molar-refractivity contribution in [3.8, 4) is 5.75 Å². The molecule has 0 aliphatic carbocycles. The third kappa shape index (κ3) is 1.12. The van der Waals surface area contributed by atoms with E-state index in [9.17, 15) is 9.90 Å². The first kappa shape index (κ1) is 8.62. The number of furan rings is 1. The van der Waals surface area contributed by atoms with Crippen LogP contribution >= 0.6 is 0 Å². The molecule has 14 heavy (non-hydrogen) atoms. The average Bonchev–Trinajstić information content (AvgIpc) is 2.39. The van der Waals surface area contributed by atoms with Crippen LogP contribution < -0.4 is 5.73 Å². The lowest BCUT2D eigenvalue weighted by Gasteiger charge is -1.92. The van der Waals surface area contributed by atoms with Crippen LogP contribution in [0.5, 0.6) is 5.75 Å². The summed E-state index contributed by atoms with van der Waals surface area (Å²) in [4.78, 5) is 11.1. The molecule has 1 aromatic carbocycles. The van der Waals surface area contributed by atoms with Crippen molar-refractivity contribution in [3.63, 3.8) is 0 Å². The first-order chi connectivity index (χ1) is 6.59. The Morgan fingerprint density at radius 3 is 2.86 bits per heavy atom. The Morgan fingerprint density at radius 1 is 1.50 bits per heavy atom. The summed E-state index contributed by atoms with van der Waals surface area (Å²) in [6.45, 7) is 1.66. The van der Waals surface area contributed by atoms with E-state index in [0.717, 1.165) is 0 Å². The Kier molecular flexibility index (Phi) is 1.70. The van der Waals surface area contributed by atoms with Crippen LogP contribution in [0.4, 0.5) is 0 Å². The molecule has 2 rings (SSSR count). The van der Waals surface area contributed by atoms with Crippen molar-refractivity contribution in [2.24, 2.45) is 5.73 Å². The summed E-state index contributed by atoms with van der Waals surface area (Å²) >= 11 is 0. The van der Waals surface area contributed by atoms with E-state index in [1.807, 2.05) is 0 Å².